The maximum atomic E-state index is 5.85. The summed E-state index contributed by atoms with van der Waals surface area (Å²) < 4.78 is 5.68. The summed E-state index contributed by atoms with van der Waals surface area (Å²) in [5.41, 5.74) is 0.958. The molecule has 2 nitrogen and oxygen atoms in total. The number of hydrogen-bond acceptors (Lipinski definition) is 2. The lowest BCUT2D eigenvalue weighted by molar-refractivity contribution is 0.305. The number of halogens is 1. The molecule has 3 heteroatoms. The maximum Gasteiger partial charge on any atom is 0.142 e. The molecule has 1 aromatic carbocycles. The van der Waals surface area contributed by atoms with Gasteiger partial charge in [0.1, 0.15) is 5.75 Å². The first-order valence-electron chi connectivity index (χ1n) is 4.43. The second-order valence-electron chi connectivity index (χ2n) is 3.21. The average molecular weight is 198 g/mol. The van der Waals surface area contributed by atoms with E-state index in [9.17, 15) is 0 Å². The summed E-state index contributed by atoms with van der Waals surface area (Å²) in [6.07, 6.45) is 2.77. The van der Waals surface area contributed by atoms with Gasteiger partial charge in [0.05, 0.1) is 11.8 Å². The fourth-order valence-electron chi connectivity index (χ4n) is 1.17. The van der Waals surface area contributed by atoms with Gasteiger partial charge in [-0.15, -0.1) is 0 Å². The van der Waals surface area contributed by atoms with Crippen LogP contribution in [0.2, 0.25) is 5.02 Å². The van der Waals surface area contributed by atoms with Crippen molar-refractivity contribution in [1.82, 2.24) is 0 Å². The van der Waals surface area contributed by atoms with E-state index in [0.717, 1.165) is 16.5 Å². The number of ether oxygens (including phenoxy) is 1. The van der Waals surface area contributed by atoms with Crippen molar-refractivity contribution in [1.29, 1.82) is 0 Å². The Kier molecular flexibility index (Phi) is 2.32. The number of rotatable bonds is 3. The van der Waals surface area contributed by atoms with Crippen LogP contribution in [0.3, 0.4) is 0 Å². The largest absolute Gasteiger partial charge is 0.488 e. The molecule has 2 rings (SSSR count). The van der Waals surface area contributed by atoms with E-state index < -0.39 is 0 Å². The monoisotopic (exact) mass is 197 g/mol. The van der Waals surface area contributed by atoms with E-state index in [1.165, 1.54) is 12.8 Å². The van der Waals surface area contributed by atoms with Crippen LogP contribution in [-0.2, 0) is 0 Å². The molecular weight excluding hydrogens is 186 g/mol. The van der Waals surface area contributed by atoms with Crippen LogP contribution in [0, 0.1) is 0 Å². The Balaban J connectivity index is 2.21. The summed E-state index contributed by atoms with van der Waals surface area (Å²) in [5.74, 6) is 0.898. The zero-order valence-electron chi connectivity index (χ0n) is 7.51. The Morgan fingerprint density at radius 3 is 2.85 bits per heavy atom. The highest BCUT2D eigenvalue weighted by Gasteiger charge is 2.24. The van der Waals surface area contributed by atoms with Crippen molar-refractivity contribution in [2.75, 3.05) is 12.4 Å². The van der Waals surface area contributed by atoms with E-state index in [1.54, 1.807) is 0 Å². The first kappa shape index (κ1) is 8.70. The van der Waals surface area contributed by atoms with Crippen molar-refractivity contribution in [3.8, 4) is 5.75 Å². The van der Waals surface area contributed by atoms with Crippen LogP contribution in [0.1, 0.15) is 12.8 Å². The van der Waals surface area contributed by atoms with Crippen LogP contribution in [0.4, 0.5) is 5.69 Å². The molecule has 0 heterocycles. The van der Waals surface area contributed by atoms with Gasteiger partial charge in [0.2, 0.25) is 0 Å². The fourth-order valence-corrected chi connectivity index (χ4v) is 1.34. The van der Waals surface area contributed by atoms with Gasteiger partial charge >= 0.3 is 0 Å². The van der Waals surface area contributed by atoms with Gasteiger partial charge in [0.25, 0.3) is 0 Å². The van der Waals surface area contributed by atoms with Gasteiger partial charge in [-0.05, 0) is 31.0 Å². The quantitative estimate of drug-likeness (QED) is 0.805. The third-order valence-corrected chi connectivity index (χ3v) is 2.26. The zero-order valence-corrected chi connectivity index (χ0v) is 8.27. The van der Waals surface area contributed by atoms with Gasteiger partial charge in [-0.1, -0.05) is 11.6 Å². The summed E-state index contributed by atoms with van der Waals surface area (Å²) >= 11 is 5.85. The van der Waals surface area contributed by atoms with Crippen molar-refractivity contribution < 1.29 is 4.74 Å². The molecule has 1 aliphatic rings. The van der Waals surface area contributed by atoms with Gasteiger partial charge in [0.15, 0.2) is 0 Å². The average Bonchev–Trinajstić information content (AvgIpc) is 2.92. The smallest absolute Gasteiger partial charge is 0.142 e. The van der Waals surface area contributed by atoms with E-state index in [0.29, 0.717) is 6.10 Å². The van der Waals surface area contributed by atoms with Crippen LogP contribution in [-0.4, -0.2) is 13.2 Å². The molecule has 1 aromatic rings. The summed E-state index contributed by atoms with van der Waals surface area (Å²) in [4.78, 5) is 0. The Bertz CT molecular complexity index is 310. The lowest BCUT2D eigenvalue weighted by Gasteiger charge is -2.10. The van der Waals surface area contributed by atoms with Gasteiger partial charge in [0, 0.05) is 12.1 Å². The normalized spacial score (nSPS) is 15.5. The predicted octanol–water partition coefficient (Wildman–Crippen LogP) is 2.92. The Morgan fingerprint density at radius 2 is 2.23 bits per heavy atom. The second kappa shape index (κ2) is 3.46. The predicted molar refractivity (Wildman–Crippen MR) is 54.6 cm³/mol. The highest BCUT2D eigenvalue weighted by Crippen LogP contribution is 2.33. The molecule has 0 unspecified atom stereocenters. The minimum atomic E-state index is 0.424. The van der Waals surface area contributed by atoms with Crippen molar-refractivity contribution in [3.63, 3.8) is 0 Å². The van der Waals surface area contributed by atoms with Gasteiger partial charge in [-0.2, -0.15) is 0 Å². The first-order valence-corrected chi connectivity index (χ1v) is 4.81. The molecule has 1 saturated carbocycles. The molecule has 0 atom stereocenters. The highest BCUT2D eigenvalue weighted by molar-refractivity contribution is 6.30. The van der Waals surface area contributed by atoms with E-state index in [-0.39, 0.29) is 0 Å². The third-order valence-electron chi connectivity index (χ3n) is 2.03. The molecule has 0 aromatic heterocycles. The maximum absolute atomic E-state index is 5.85. The molecule has 1 aliphatic carbocycles. The standard InChI is InChI=1S/C10H12ClNO/c1-12-9-6-7(11)2-5-10(9)13-8-3-4-8/h2,5-6,8,12H,3-4H2,1H3. The van der Waals surface area contributed by atoms with Gasteiger partial charge in [-0.3, -0.25) is 0 Å². The molecule has 1 fully saturated rings. The Hall–Kier alpha value is -0.890. The van der Waals surface area contributed by atoms with Crippen LogP contribution >= 0.6 is 11.6 Å². The minimum Gasteiger partial charge on any atom is -0.488 e. The minimum absolute atomic E-state index is 0.424. The number of hydrogen-bond donors (Lipinski definition) is 1. The lowest BCUT2D eigenvalue weighted by Crippen LogP contribution is -1.99. The molecule has 0 radical (unpaired) electrons. The van der Waals surface area contributed by atoms with E-state index in [4.69, 9.17) is 16.3 Å². The summed E-state index contributed by atoms with van der Waals surface area (Å²) in [5, 5.41) is 3.79. The molecule has 70 valence electrons. The lowest BCUT2D eigenvalue weighted by atomic mass is 10.3. The second-order valence-corrected chi connectivity index (χ2v) is 3.64. The number of nitrogens with one attached hydrogen (secondary N) is 1. The van der Waals surface area contributed by atoms with Crippen molar-refractivity contribution in [3.05, 3.63) is 23.2 Å². The first-order chi connectivity index (χ1) is 6.29. The van der Waals surface area contributed by atoms with Crippen molar-refractivity contribution in [2.24, 2.45) is 0 Å². The molecule has 1 N–H and O–H groups in total. The topological polar surface area (TPSA) is 21.3 Å². The SMILES string of the molecule is CNc1cc(Cl)ccc1OC1CC1. The highest BCUT2D eigenvalue weighted by atomic mass is 35.5. The summed E-state index contributed by atoms with van der Waals surface area (Å²) in [7, 11) is 1.87. The van der Waals surface area contributed by atoms with Crippen molar-refractivity contribution in [2.45, 2.75) is 18.9 Å². The van der Waals surface area contributed by atoms with Crippen LogP contribution < -0.4 is 10.1 Å². The third kappa shape index (κ3) is 2.07. The van der Waals surface area contributed by atoms with Crippen LogP contribution in [0.25, 0.3) is 0 Å². The molecule has 0 saturated heterocycles. The van der Waals surface area contributed by atoms with Gasteiger partial charge < -0.3 is 10.1 Å². The molecule has 0 aliphatic heterocycles. The number of anilines is 1. The van der Waals surface area contributed by atoms with Crippen molar-refractivity contribution >= 4 is 17.3 Å². The van der Waals surface area contributed by atoms with E-state index in [1.807, 2.05) is 25.2 Å². The Labute approximate surface area is 82.9 Å². The Morgan fingerprint density at radius 1 is 1.46 bits per heavy atom. The molecule has 0 spiro atoms. The molecule has 0 amide bonds. The van der Waals surface area contributed by atoms with Crippen LogP contribution in [0.5, 0.6) is 5.75 Å². The van der Waals surface area contributed by atoms with E-state index in [2.05, 4.69) is 5.32 Å². The summed E-state index contributed by atoms with van der Waals surface area (Å²) in [6, 6.07) is 5.63. The van der Waals surface area contributed by atoms with Gasteiger partial charge in [-0.25, -0.2) is 0 Å². The molecular formula is C10H12ClNO. The summed E-state index contributed by atoms with van der Waals surface area (Å²) in [6.45, 7) is 0. The van der Waals surface area contributed by atoms with E-state index >= 15 is 0 Å². The molecule has 13 heavy (non-hydrogen) atoms. The fraction of sp³-hybridized carbons (Fsp3) is 0.400. The molecule has 0 bridgehead atoms. The van der Waals surface area contributed by atoms with Crippen LogP contribution in [0.15, 0.2) is 18.2 Å². The zero-order chi connectivity index (χ0) is 9.26. The number of benzene rings is 1.